The maximum absolute atomic E-state index is 6.15. The topological polar surface area (TPSA) is 27.7 Å². The van der Waals surface area contributed by atoms with Crippen LogP contribution in [0, 0.1) is 0 Å². The maximum Gasteiger partial charge on any atom is 0.131 e. The molecular formula is C16H10O3. The zero-order valence-electron chi connectivity index (χ0n) is 10.1. The van der Waals surface area contributed by atoms with E-state index in [0.717, 1.165) is 36.2 Å². The van der Waals surface area contributed by atoms with Crippen molar-refractivity contribution in [2.75, 3.05) is 13.2 Å². The maximum atomic E-state index is 6.15. The average Bonchev–Trinajstić information content (AvgIpc) is 3.20. The molecule has 0 N–H and O–H groups in total. The second kappa shape index (κ2) is 2.57. The fourth-order valence-corrected chi connectivity index (χ4v) is 3.65. The lowest BCUT2D eigenvalue weighted by Crippen LogP contribution is -1.97. The highest BCUT2D eigenvalue weighted by Crippen LogP contribution is 2.62. The Bertz CT molecular complexity index is 713. The van der Waals surface area contributed by atoms with Gasteiger partial charge >= 0.3 is 0 Å². The van der Waals surface area contributed by atoms with E-state index in [2.05, 4.69) is 0 Å². The summed E-state index contributed by atoms with van der Waals surface area (Å²) < 4.78 is 17.2. The van der Waals surface area contributed by atoms with Crippen molar-refractivity contribution < 1.29 is 14.2 Å². The van der Waals surface area contributed by atoms with Gasteiger partial charge in [0.1, 0.15) is 23.0 Å². The smallest absolute Gasteiger partial charge is 0.131 e. The average molecular weight is 250 g/mol. The first-order valence-corrected chi connectivity index (χ1v) is 6.69. The molecule has 0 bridgehead atoms. The van der Waals surface area contributed by atoms with Crippen LogP contribution in [0.25, 0.3) is 0 Å². The van der Waals surface area contributed by atoms with Gasteiger partial charge in [-0.1, -0.05) is 0 Å². The number of hydrogen-bond donors (Lipinski definition) is 0. The molecule has 2 aromatic rings. The molecule has 0 saturated heterocycles. The molecule has 2 heterocycles. The summed E-state index contributed by atoms with van der Waals surface area (Å²) in [4.78, 5) is 0. The Morgan fingerprint density at radius 3 is 1.79 bits per heavy atom. The lowest BCUT2D eigenvalue weighted by molar-refractivity contribution is 0.337. The van der Waals surface area contributed by atoms with Gasteiger partial charge in [0, 0.05) is 22.3 Å². The van der Waals surface area contributed by atoms with Gasteiger partial charge in [0.05, 0.1) is 25.0 Å². The van der Waals surface area contributed by atoms with Crippen LogP contribution in [-0.2, 0) is 0 Å². The summed E-state index contributed by atoms with van der Waals surface area (Å²) in [7, 11) is 0. The first kappa shape index (κ1) is 8.86. The fraction of sp³-hybridized carbons (Fsp3) is 0.250. The molecule has 6 rings (SSSR count). The van der Waals surface area contributed by atoms with Crippen molar-refractivity contribution in [1.29, 1.82) is 0 Å². The first-order valence-electron chi connectivity index (χ1n) is 6.69. The van der Waals surface area contributed by atoms with Gasteiger partial charge < -0.3 is 14.2 Å². The molecule has 0 radical (unpaired) electrons. The van der Waals surface area contributed by atoms with Crippen molar-refractivity contribution in [1.82, 2.24) is 0 Å². The molecule has 3 nitrogen and oxygen atoms in total. The molecule has 2 atom stereocenters. The lowest BCUT2D eigenvalue weighted by Gasteiger charge is -2.10. The van der Waals surface area contributed by atoms with E-state index in [0.29, 0.717) is 11.8 Å². The fourth-order valence-electron chi connectivity index (χ4n) is 3.65. The van der Waals surface area contributed by atoms with Crippen LogP contribution >= 0.6 is 0 Å². The number of rotatable bonds is 2. The molecule has 2 aromatic carbocycles. The van der Waals surface area contributed by atoms with E-state index in [1.807, 2.05) is 24.3 Å². The third-order valence-electron chi connectivity index (χ3n) is 4.67. The van der Waals surface area contributed by atoms with Gasteiger partial charge in [-0.2, -0.15) is 0 Å². The van der Waals surface area contributed by atoms with Crippen LogP contribution < -0.4 is 14.2 Å². The predicted octanol–water partition coefficient (Wildman–Crippen LogP) is 3.15. The highest BCUT2D eigenvalue weighted by atomic mass is 16.5. The van der Waals surface area contributed by atoms with Crippen molar-refractivity contribution in [3.05, 3.63) is 46.5 Å². The molecule has 0 spiro atoms. The molecule has 92 valence electrons. The third-order valence-corrected chi connectivity index (χ3v) is 4.67. The van der Waals surface area contributed by atoms with Gasteiger partial charge in [0.15, 0.2) is 0 Å². The van der Waals surface area contributed by atoms with Crippen LogP contribution in [0.1, 0.15) is 34.1 Å². The number of fused-ring (bicyclic) bond motifs is 2. The number of benzene rings is 2. The Hall–Kier alpha value is -2.16. The largest absolute Gasteiger partial charge is 0.492 e. The van der Waals surface area contributed by atoms with E-state index in [4.69, 9.17) is 14.2 Å². The molecule has 2 aliphatic carbocycles. The third kappa shape index (κ3) is 0.907. The van der Waals surface area contributed by atoms with E-state index < -0.39 is 0 Å². The molecular weight excluding hydrogens is 240 g/mol. The second-order valence-corrected chi connectivity index (χ2v) is 5.61. The Morgan fingerprint density at radius 1 is 0.737 bits per heavy atom. The van der Waals surface area contributed by atoms with Gasteiger partial charge in [0.25, 0.3) is 0 Å². The molecule has 0 saturated carbocycles. The van der Waals surface area contributed by atoms with Crippen LogP contribution in [0.5, 0.6) is 23.0 Å². The predicted molar refractivity (Wildman–Crippen MR) is 67.6 cm³/mol. The van der Waals surface area contributed by atoms with Crippen molar-refractivity contribution in [3.63, 3.8) is 0 Å². The highest BCUT2D eigenvalue weighted by molar-refractivity contribution is 5.72. The second-order valence-electron chi connectivity index (χ2n) is 5.61. The van der Waals surface area contributed by atoms with Crippen LogP contribution in [0.4, 0.5) is 0 Å². The van der Waals surface area contributed by atoms with E-state index in [1.54, 1.807) is 0 Å². The Kier molecular flexibility index (Phi) is 1.20. The molecule has 2 unspecified atom stereocenters. The summed E-state index contributed by atoms with van der Waals surface area (Å²) >= 11 is 0. The first-order chi connectivity index (χ1) is 9.42. The van der Waals surface area contributed by atoms with Crippen LogP contribution in [0.3, 0.4) is 0 Å². The highest BCUT2D eigenvalue weighted by Gasteiger charge is 2.47. The quantitative estimate of drug-likeness (QED) is 0.819. The van der Waals surface area contributed by atoms with Gasteiger partial charge in [-0.15, -0.1) is 0 Å². The minimum Gasteiger partial charge on any atom is -0.492 e. The summed E-state index contributed by atoms with van der Waals surface area (Å²) in [6.45, 7) is 1.59. The summed E-state index contributed by atoms with van der Waals surface area (Å²) in [5.74, 6) is 5.10. The van der Waals surface area contributed by atoms with E-state index in [1.165, 1.54) is 22.3 Å². The van der Waals surface area contributed by atoms with Crippen molar-refractivity contribution in [2.24, 2.45) is 0 Å². The Balaban J connectivity index is 1.44. The summed E-state index contributed by atoms with van der Waals surface area (Å²) in [5.41, 5.74) is 5.43. The minimum atomic E-state index is 0.495. The van der Waals surface area contributed by atoms with Crippen molar-refractivity contribution in [3.8, 4) is 23.0 Å². The molecule has 0 fully saturated rings. The van der Waals surface area contributed by atoms with E-state index in [9.17, 15) is 0 Å². The minimum absolute atomic E-state index is 0.495. The van der Waals surface area contributed by atoms with Gasteiger partial charge in [-0.25, -0.2) is 0 Å². The monoisotopic (exact) mass is 250 g/mol. The molecule has 19 heavy (non-hydrogen) atoms. The zero-order chi connectivity index (χ0) is 12.1. The summed E-state index contributed by atoms with van der Waals surface area (Å²) in [6.07, 6.45) is 0. The Labute approximate surface area is 109 Å². The Morgan fingerprint density at radius 2 is 1.26 bits per heavy atom. The normalized spacial score (nSPS) is 25.3. The van der Waals surface area contributed by atoms with Crippen LogP contribution in [0.2, 0.25) is 0 Å². The van der Waals surface area contributed by atoms with Crippen LogP contribution in [-0.4, -0.2) is 13.2 Å². The van der Waals surface area contributed by atoms with Gasteiger partial charge in [-0.05, 0) is 24.3 Å². The molecule has 4 aliphatic rings. The molecule has 3 heteroatoms. The van der Waals surface area contributed by atoms with E-state index in [-0.39, 0.29) is 0 Å². The molecule has 0 amide bonds. The standard InChI is InChI=1S/C16H10O3/c1-3-11(15-7-5-17-9(1)13(7)15)19-12-4-2-10-14-8(6-18-10)16(12)14/h1-4,7-8H,5-6H2. The van der Waals surface area contributed by atoms with Gasteiger partial charge in [0.2, 0.25) is 0 Å². The zero-order valence-corrected chi connectivity index (χ0v) is 10.1. The number of hydrogen-bond acceptors (Lipinski definition) is 3. The molecule has 0 aromatic heterocycles. The molecule has 2 aliphatic heterocycles. The van der Waals surface area contributed by atoms with Crippen molar-refractivity contribution >= 4 is 0 Å². The number of ether oxygens (including phenoxy) is 3. The lowest BCUT2D eigenvalue weighted by atomic mass is 10.3. The van der Waals surface area contributed by atoms with Gasteiger partial charge in [-0.3, -0.25) is 0 Å². The summed E-state index contributed by atoms with van der Waals surface area (Å²) in [6, 6.07) is 8.13. The van der Waals surface area contributed by atoms with Crippen LogP contribution in [0.15, 0.2) is 24.3 Å². The summed E-state index contributed by atoms with van der Waals surface area (Å²) in [5, 5.41) is 0. The van der Waals surface area contributed by atoms with E-state index >= 15 is 0 Å². The SMILES string of the molecule is c1cc(Oc2ccc3c4c2C4CO3)c2c3c1OCC32. The van der Waals surface area contributed by atoms with Crippen molar-refractivity contribution in [2.45, 2.75) is 11.8 Å².